The smallest absolute Gasteiger partial charge is 0.140 e. The van der Waals surface area contributed by atoms with E-state index in [-0.39, 0.29) is 0 Å². The molecule has 2 atom stereocenters. The molecule has 0 saturated carbocycles. The molecule has 7 heteroatoms. The number of fused-ring (bicyclic) bond motifs is 1. The Morgan fingerprint density at radius 2 is 2.03 bits per heavy atom. The van der Waals surface area contributed by atoms with Gasteiger partial charge in [0.15, 0.2) is 0 Å². The first-order chi connectivity index (χ1) is 14.5. The summed E-state index contributed by atoms with van der Waals surface area (Å²) in [5, 5.41) is 5.68. The molecule has 6 nitrogen and oxygen atoms in total. The van der Waals surface area contributed by atoms with Gasteiger partial charge in [0.05, 0.1) is 11.6 Å². The van der Waals surface area contributed by atoms with Gasteiger partial charge in [-0.25, -0.2) is 9.97 Å². The standard InChI is InChI=1S/C23H32N6S/c1-5-16(3)20(17-10-26-27(4)11-17)29-13-23(14-29)7-8-28(12-23)21-19-9-18(6-2)30-22(19)25-15-24-21/h9-11,15-16,20H,5-8,12-14H2,1-4H3/t16-,20-/m0/s1. The molecule has 0 bridgehead atoms. The molecule has 5 heterocycles. The summed E-state index contributed by atoms with van der Waals surface area (Å²) in [6, 6.07) is 2.77. The lowest BCUT2D eigenvalue weighted by molar-refractivity contribution is -0.0350. The van der Waals surface area contributed by atoms with Gasteiger partial charge in [0.25, 0.3) is 0 Å². The minimum Gasteiger partial charge on any atom is -0.355 e. The predicted molar refractivity (Wildman–Crippen MR) is 123 cm³/mol. The van der Waals surface area contributed by atoms with Crippen molar-refractivity contribution in [3.63, 3.8) is 0 Å². The molecule has 2 fully saturated rings. The Labute approximate surface area is 182 Å². The number of aromatic nitrogens is 4. The van der Waals surface area contributed by atoms with Crippen molar-refractivity contribution in [2.75, 3.05) is 31.1 Å². The summed E-state index contributed by atoms with van der Waals surface area (Å²) in [5.74, 6) is 1.76. The van der Waals surface area contributed by atoms with Crippen molar-refractivity contribution in [3.8, 4) is 0 Å². The number of aryl methyl sites for hydroxylation is 2. The lowest BCUT2D eigenvalue weighted by Gasteiger charge is -2.52. The SMILES string of the molecule is CCc1cc2c(N3CCC4(C3)CN([C@H](c3cnn(C)c3)[C@@H](C)CC)C4)ncnc2s1. The van der Waals surface area contributed by atoms with Crippen molar-refractivity contribution >= 4 is 27.4 Å². The largest absolute Gasteiger partial charge is 0.355 e. The van der Waals surface area contributed by atoms with Crippen molar-refractivity contribution in [2.45, 2.75) is 46.1 Å². The van der Waals surface area contributed by atoms with Crippen LogP contribution in [0.3, 0.4) is 0 Å². The zero-order chi connectivity index (χ0) is 20.9. The fourth-order valence-corrected chi connectivity index (χ4v) is 6.35. The highest BCUT2D eigenvalue weighted by atomic mass is 32.1. The molecule has 160 valence electrons. The van der Waals surface area contributed by atoms with E-state index in [1.54, 1.807) is 17.7 Å². The zero-order valence-corrected chi connectivity index (χ0v) is 19.3. The van der Waals surface area contributed by atoms with Gasteiger partial charge < -0.3 is 4.90 Å². The van der Waals surface area contributed by atoms with Crippen LogP contribution in [0.15, 0.2) is 24.8 Å². The number of nitrogens with zero attached hydrogens (tertiary/aromatic N) is 6. The summed E-state index contributed by atoms with van der Waals surface area (Å²) in [5.41, 5.74) is 1.76. The van der Waals surface area contributed by atoms with Crippen molar-refractivity contribution in [3.05, 3.63) is 35.2 Å². The van der Waals surface area contributed by atoms with Crippen LogP contribution in [0.25, 0.3) is 10.2 Å². The van der Waals surface area contributed by atoms with Crippen LogP contribution in [0.5, 0.6) is 0 Å². The number of anilines is 1. The lowest BCUT2D eigenvalue weighted by Crippen LogP contribution is -2.59. The van der Waals surface area contributed by atoms with Gasteiger partial charge in [-0.2, -0.15) is 5.10 Å². The van der Waals surface area contributed by atoms with Crippen LogP contribution < -0.4 is 4.90 Å². The van der Waals surface area contributed by atoms with Crippen LogP contribution in [-0.2, 0) is 13.5 Å². The van der Waals surface area contributed by atoms with Gasteiger partial charge in [0.1, 0.15) is 17.0 Å². The van der Waals surface area contributed by atoms with Crippen LogP contribution in [-0.4, -0.2) is 50.8 Å². The summed E-state index contributed by atoms with van der Waals surface area (Å²) in [7, 11) is 2.01. The normalized spacial score (nSPS) is 20.7. The maximum atomic E-state index is 4.70. The average molecular weight is 425 g/mol. The maximum Gasteiger partial charge on any atom is 0.140 e. The molecule has 0 amide bonds. The van der Waals surface area contributed by atoms with E-state index in [1.165, 1.54) is 41.8 Å². The minimum absolute atomic E-state index is 0.398. The van der Waals surface area contributed by atoms with Crippen LogP contribution in [0.2, 0.25) is 0 Å². The van der Waals surface area contributed by atoms with Gasteiger partial charge in [-0.1, -0.05) is 27.2 Å². The molecule has 2 aliphatic rings. The third-order valence-corrected chi connectivity index (χ3v) is 8.35. The third kappa shape index (κ3) is 3.32. The Bertz CT molecular complexity index is 1030. The predicted octanol–water partition coefficient (Wildman–Crippen LogP) is 4.29. The van der Waals surface area contributed by atoms with E-state index in [1.807, 2.05) is 11.7 Å². The van der Waals surface area contributed by atoms with E-state index in [9.17, 15) is 0 Å². The van der Waals surface area contributed by atoms with E-state index in [2.05, 4.69) is 59.1 Å². The highest BCUT2D eigenvalue weighted by molar-refractivity contribution is 7.18. The Kier molecular flexibility index (Phi) is 5.06. The van der Waals surface area contributed by atoms with Gasteiger partial charge in [-0.3, -0.25) is 9.58 Å². The first-order valence-electron chi connectivity index (χ1n) is 11.2. The number of likely N-dealkylation sites (tertiary alicyclic amines) is 1. The highest BCUT2D eigenvalue weighted by Gasteiger charge is 2.50. The summed E-state index contributed by atoms with van der Waals surface area (Å²) in [6.45, 7) is 11.4. The number of hydrogen-bond donors (Lipinski definition) is 0. The molecular formula is C23H32N6S. The van der Waals surface area contributed by atoms with Gasteiger partial charge in [0, 0.05) is 61.3 Å². The number of rotatable bonds is 6. The van der Waals surface area contributed by atoms with Crippen molar-refractivity contribution in [2.24, 2.45) is 18.4 Å². The molecule has 2 aliphatic heterocycles. The van der Waals surface area contributed by atoms with E-state index < -0.39 is 0 Å². The maximum absolute atomic E-state index is 4.70. The molecule has 3 aromatic rings. The molecule has 0 aromatic carbocycles. The Morgan fingerprint density at radius 1 is 1.20 bits per heavy atom. The number of thiophene rings is 1. The Morgan fingerprint density at radius 3 is 2.73 bits per heavy atom. The molecule has 0 N–H and O–H groups in total. The Balaban J connectivity index is 1.33. The molecule has 1 spiro atoms. The average Bonchev–Trinajstić information content (AvgIpc) is 3.45. The van der Waals surface area contributed by atoms with Crippen molar-refractivity contribution in [1.82, 2.24) is 24.6 Å². The topological polar surface area (TPSA) is 50.1 Å². The second kappa shape index (κ2) is 7.61. The van der Waals surface area contributed by atoms with Gasteiger partial charge in [-0.15, -0.1) is 11.3 Å². The first kappa shape index (κ1) is 19.9. The highest BCUT2D eigenvalue weighted by Crippen LogP contribution is 2.47. The summed E-state index contributed by atoms with van der Waals surface area (Å²) in [6.07, 6.45) is 9.49. The summed E-state index contributed by atoms with van der Waals surface area (Å²) in [4.78, 5) is 16.9. The second-order valence-corrected chi connectivity index (χ2v) is 10.5. The minimum atomic E-state index is 0.398. The second-order valence-electron chi connectivity index (χ2n) is 9.34. The van der Waals surface area contributed by atoms with E-state index >= 15 is 0 Å². The fourth-order valence-electron chi connectivity index (χ4n) is 5.42. The fraction of sp³-hybridized carbons (Fsp3) is 0.609. The first-order valence-corrected chi connectivity index (χ1v) is 12.0. The van der Waals surface area contributed by atoms with Crippen LogP contribution in [0, 0.1) is 11.3 Å². The molecule has 2 saturated heterocycles. The summed E-state index contributed by atoms with van der Waals surface area (Å²) < 4.78 is 1.93. The van der Waals surface area contributed by atoms with Gasteiger partial charge in [-0.05, 0) is 24.8 Å². The van der Waals surface area contributed by atoms with Crippen LogP contribution in [0.4, 0.5) is 5.82 Å². The molecular weight excluding hydrogens is 392 g/mol. The quantitative estimate of drug-likeness (QED) is 0.591. The van der Waals surface area contributed by atoms with Gasteiger partial charge >= 0.3 is 0 Å². The molecule has 30 heavy (non-hydrogen) atoms. The molecule has 0 unspecified atom stereocenters. The molecule has 5 rings (SSSR count). The monoisotopic (exact) mass is 424 g/mol. The van der Waals surface area contributed by atoms with Crippen molar-refractivity contribution in [1.29, 1.82) is 0 Å². The number of hydrogen-bond acceptors (Lipinski definition) is 6. The third-order valence-electron chi connectivity index (χ3n) is 7.17. The molecule has 0 aliphatic carbocycles. The van der Waals surface area contributed by atoms with Crippen LogP contribution >= 0.6 is 11.3 Å². The van der Waals surface area contributed by atoms with Crippen molar-refractivity contribution < 1.29 is 0 Å². The lowest BCUT2D eigenvalue weighted by atomic mass is 9.76. The van der Waals surface area contributed by atoms with Gasteiger partial charge in [0.2, 0.25) is 0 Å². The van der Waals surface area contributed by atoms with E-state index in [0.717, 1.165) is 30.2 Å². The zero-order valence-electron chi connectivity index (χ0n) is 18.5. The van der Waals surface area contributed by atoms with E-state index in [4.69, 9.17) is 4.98 Å². The van der Waals surface area contributed by atoms with E-state index in [0.29, 0.717) is 17.4 Å². The summed E-state index contributed by atoms with van der Waals surface area (Å²) >= 11 is 1.81. The van der Waals surface area contributed by atoms with Crippen LogP contribution in [0.1, 0.15) is 50.1 Å². The molecule has 3 aromatic heterocycles. The molecule has 0 radical (unpaired) electrons. The Hall–Kier alpha value is -1.99.